The summed E-state index contributed by atoms with van der Waals surface area (Å²) in [5, 5.41) is 8.43. The summed E-state index contributed by atoms with van der Waals surface area (Å²) < 4.78 is 49.4. The fourth-order valence-electron chi connectivity index (χ4n) is 2.90. The van der Waals surface area contributed by atoms with Crippen molar-refractivity contribution in [2.45, 2.75) is 38.5 Å². The van der Waals surface area contributed by atoms with Crippen LogP contribution in [0.5, 0.6) is 0 Å². The van der Waals surface area contributed by atoms with Gasteiger partial charge in [-0.25, -0.2) is 4.79 Å². The lowest BCUT2D eigenvalue weighted by Crippen LogP contribution is -2.17. The molecule has 0 heterocycles. The number of rotatable bonds is 34. The number of ether oxygens (including phenoxy) is 9. The first kappa shape index (κ1) is 40.0. The van der Waals surface area contributed by atoms with Crippen molar-refractivity contribution in [3.05, 3.63) is 0 Å². The van der Waals surface area contributed by atoms with E-state index in [1.807, 2.05) is 0 Å². The van der Waals surface area contributed by atoms with Crippen LogP contribution in [0.1, 0.15) is 38.5 Å². The van der Waals surface area contributed by atoms with Gasteiger partial charge in [0.15, 0.2) is 0 Å². The van der Waals surface area contributed by atoms with E-state index in [0.29, 0.717) is 92.5 Å². The van der Waals surface area contributed by atoms with E-state index in [-0.39, 0.29) is 26.1 Å². The van der Waals surface area contributed by atoms with E-state index in [1.165, 1.54) is 23.7 Å². The fraction of sp³-hybridized carbons (Fsp3) is 0.889. The monoisotopic (exact) mass is 708 g/mol. The predicted molar refractivity (Wildman–Crippen MR) is 157 cm³/mol. The molecule has 0 rings (SSSR count). The van der Waals surface area contributed by atoms with Crippen LogP contribution in [0.2, 0.25) is 0 Å². The number of carbonyl (C=O) groups excluding carboxylic acids is 2. The van der Waals surface area contributed by atoms with Gasteiger partial charge in [0.25, 0.3) is 0 Å². The molecule has 0 saturated carbocycles. The van der Waals surface area contributed by atoms with Crippen LogP contribution >= 0.6 is 22.6 Å². The number of ketones is 1. The lowest BCUT2D eigenvalue weighted by atomic mass is 10.2. The summed E-state index contributed by atoms with van der Waals surface area (Å²) in [7, 11) is 0. The zero-order valence-corrected chi connectivity index (χ0v) is 26.4. The molecule has 41 heavy (non-hydrogen) atoms. The normalized spacial score (nSPS) is 11.1. The zero-order chi connectivity index (χ0) is 30.1. The van der Waals surface area contributed by atoms with Crippen molar-refractivity contribution in [2.24, 2.45) is 0 Å². The molecule has 0 saturated heterocycles. The lowest BCUT2D eigenvalue weighted by molar-refractivity contribution is -0.151. The molecule has 0 atom stereocenters. The Balaban J connectivity index is 3.12. The molecule has 0 spiro atoms. The number of carbonyl (C=O) groups is 3. The van der Waals surface area contributed by atoms with Crippen molar-refractivity contribution in [3.8, 4) is 0 Å². The largest absolute Gasteiger partial charge is 0.476 e. The average Bonchev–Trinajstić information content (AvgIpc) is 2.96. The molecule has 0 bridgehead atoms. The number of carboxylic acid groups (broad SMARTS) is 1. The summed E-state index contributed by atoms with van der Waals surface area (Å²) in [5.41, 5.74) is 0. The van der Waals surface area contributed by atoms with E-state index in [0.717, 1.165) is 13.0 Å². The molecule has 0 amide bonds. The van der Waals surface area contributed by atoms with Crippen molar-refractivity contribution >= 4 is 40.3 Å². The minimum atomic E-state index is -1.56. The number of esters is 1. The van der Waals surface area contributed by atoms with Gasteiger partial charge in [-0.05, 0) is 17.3 Å². The highest BCUT2D eigenvalue weighted by molar-refractivity contribution is 14.1. The Kier molecular flexibility index (Phi) is 32.7. The van der Waals surface area contributed by atoms with E-state index < -0.39 is 17.7 Å². The molecular formula is C27H49IO13. The molecule has 0 aliphatic rings. The molecule has 0 unspecified atom stereocenters. The Hall–Kier alpha value is -0.980. The van der Waals surface area contributed by atoms with Crippen LogP contribution in [0.3, 0.4) is 0 Å². The Morgan fingerprint density at radius 1 is 0.439 bits per heavy atom. The Morgan fingerprint density at radius 3 is 1.15 bits per heavy atom. The highest BCUT2D eigenvalue weighted by Crippen LogP contribution is 2.02. The zero-order valence-electron chi connectivity index (χ0n) is 24.2. The first-order valence-electron chi connectivity index (χ1n) is 14.2. The van der Waals surface area contributed by atoms with E-state index in [1.54, 1.807) is 0 Å². The molecule has 0 aromatic carbocycles. The SMILES string of the molecule is O=C(CCC(=O)C(=O)O)OCCOCCOCCOCCOCCOCCOCCOCCOCCCCCCI. The lowest BCUT2D eigenvalue weighted by Gasteiger charge is -2.09. The Labute approximate surface area is 257 Å². The average molecular weight is 709 g/mol. The number of halogens is 1. The molecule has 0 aromatic heterocycles. The van der Waals surface area contributed by atoms with E-state index in [4.69, 9.17) is 47.7 Å². The minimum Gasteiger partial charge on any atom is -0.476 e. The molecule has 0 fully saturated rings. The van der Waals surface area contributed by atoms with Gasteiger partial charge in [0.05, 0.1) is 106 Å². The Bertz CT molecular complexity index is 610. The van der Waals surface area contributed by atoms with Gasteiger partial charge in [0, 0.05) is 13.0 Å². The van der Waals surface area contributed by atoms with Gasteiger partial charge < -0.3 is 47.7 Å². The van der Waals surface area contributed by atoms with Gasteiger partial charge in [-0.15, -0.1) is 0 Å². The van der Waals surface area contributed by atoms with Gasteiger partial charge in [-0.2, -0.15) is 0 Å². The number of aliphatic carboxylic acids is 1. The third kappa shape index (κ3) is 33.4. The van der Waals surface area contributed by atoms with Crippen LogP contribution < -0.4 is 0 Å². The van der Waals surface area contributed by atoms with Crippen molar-refractivity contribution in [1.82, 2.24) is 0 Å². The number of alkyl halides is 1. The van der Waals surface area contributed by atoms with Crippen molar-refractivity contribution in [1.29, 1.82) is 0 Å². The van der Waals surface area contributed by atoms with E-state index in [2.05, 4.69) is 22.6 Å². The predicted octanol–water partition coefficient (Wildman–Crippen LogP) is 2.09. The summed E-state index contributed by atoms with van der Waals surface area (Å²) >= 11 is 2.41. The summed E-state index contributed by atoms with van der Waals surface area (Å²) in [5.74, 6) is -3.22. The molecule has 0 radical (unpaired) electrons. The van der Waals surface area contributed by atoms with Crippen LogP contribution in [0.4, 0.5) is 0 Å². The van der Waals surface area contributed by atoms with Gasteiger partial charge in [-0.1, -0.05) is 35.4 Å². The number of Topliss-reactive ketones (excluding diaryl/α,β-unsaturated/α-hetero) is 1. The molecule has 14 heteroatoms. The van der Waals surface area contributed by atoms with Crippen molar-refractivity contribution in [2.75, 3.05) is 117 Å². The third-order valence-electron chi connectivity index (χ3n) is 5.06. The van der Waals surface area contributed by atoms with Gasteiger partial charge in [0.1, 0.15) is 6.61 Å². The molecule has 1 N–H and O–H groups in total. The van der Waals surface area contributed by atoms with Gasteiger partial charge in [-0.3, -0.25) is 9.59 Å². The van der Waals surface area contributed by atoms with Crippen LogP contribution in [-0.4, -0.2) is 140 Å². The molecule has 13 nitrogen and oxygen atoms in total. The number of carboxylic acids is 1. The van der Waals surface area contributed by atoms with Crippen molar-refractivity contribution < 1.29 is 62.1 Å². The smallest absolute Gasteiger partial charge is 0.372 e. The van der Waals surface area contributed by atoms with Gasteiger partial charge in [0.2, 0.25) is 5.78 Å². The molecule has 0 aliphatic carbocycles. The highest BCUT2D eigenvalue weighted by Gasteiger charge is 2.14. The van der Waals surface area contributed by atoms with Crippen LogP contribution in [0.15, 0.2) is 0 Å². The maximum atomic E-state index is 11.3. The first-order chi connectivity index (χ1) is 20.1. The number of unbranched alkanes of at least 4 members (excludes halogenated alkanes) is 3. The molecule has 242 valence electrons. The molecule has 0 aliphatic heterocycles. The number of hydrogen-bond donors (Lipinski definition) is 1. The highest BCUT2D eigenvalue weighted by atomic mass is 127. The van der Waals surface area contributed by atoms with Crippen molar-refractivity contribution in [3.63, 3.8) is 0 Å². The Morgan fingerprint density at radius 2 is 0.780 bits per heavy atom. The second-order valence-electron chi connectivity index (χ2n) is 8.45. The molecule has 0 aromatic rings. The van der Waals surface area contributed by atoms with Crippen LogP contribution in [0, 0.1) is 0 Å². The summed E-state index contributed by atoms with van der Waals surface area (Å²) in [4.78, 5) is 32.6. The van der Waals surface area contributed by atoms with E-state index >= 15 is 0 Å². The summed E-state index contributed by atoms with van der Waals surface area (Å²) in [6.45, 7) is 7.74. The summed E-state index contributed by atoms with van der Waals surface area (Å²) in [6, 6.07) is 0. The van der Waals surface area contributed by atoms with Crippen LogP contribution in [0.25, 0.3) is 0 Å². The minimum absolute atomic E-state index is 0.0211. The van der Waals surface area contributed by atoms with Gasteiger partial charge >= 0.3 is 11.9 Å². The summed E-state index contributed by atoms with van der Waals surface area (Å²) in [6.07, 6.45) is 4.28. The van der Waals surface area contributed by atoms with E-state index in [9.17, 15) is 14.4 Å². The maximum absolute atomic E-state index is 11.3. The van der Waals surface area contributed by atoms with Crippen LogP contribution in [-0.2, 0) is 57.0 Å². The second kappa shape index (κ2) is 33.5. The maximum Gasteiger partial charge on any atom is 0.372 e. The number of hydrogen-bond acceptors (Lipinski definition) is 12. The quantitative estimate of drug-likeness (QED) is 0.0342. The first-order valence-corrected chi connectivity index (χ1v) is 15.7. The topological polar surface area (TPSA) is 155 Å². The second-order valence-corrected chi connectivity index (χ2v) is 9.53. The third-order valence-corrected chi connectivity index (χ3v) is 5.82. The standard InChI is InChI=1S/C27H49IO13/c28-7-3-1-2-4-8-33-9-10-34-11-12-35-13-14-36-15-16-37-17-18-38-19-20-39-21-22-40-23-24-41-26(30)6-5-25(29)27(31)32/h1-24H2,(H,31,32). The fourth-order valence-corrected chi connectivity index (χ4v) is 3.44. The molecular weight excluding hydrogens is 659 g/mol.